The van der Waals surface area contributed by atoms with Gasteiger partial charge in [-0.15, -0.1) is 0 Å². The van der Waals surface area contributed by atoms with E-state index in [2.05, 4.69) is 0 Å². The van der Waals surface area contributed by atoms with Gasteiger partial charge in [-0.2, -0.15) is 0 Å². The third kappa shape index (κ3) is 5.12. The Morgan fingerprint density at radius 1 is 1.21 bits per heavy atom. The van der Waals surface area contributed by atoms with Crippen LogP contribution in [0, 0.1) is 6.92 Å². The average Bonchev–Trinajstić information content (AvgIpc) is 2.34. The lowest BCUT2D eigenvalue weighted by atomic mass is 10.1. The molecule has 1 rings (SSSR count). The molecule has 4 nitrogen and oxygen atoms in total. The van der Waals surface area contributed by atoms with E-state index in [1.807, 2.05) is 45.0 Å². The summed E-state index contributed by atoms with van der Waals surface area (Å²) in [6.07, 6.45) is 0.983. The Labute approximate surface area is 114 Å². The SMILES string of the molecule is Cc1ccc(CCC(=O)N(CC(=O)O)C(C)C)cc1. The first-order valence-electron chi connectivity index (χ1n) is 6.47. The van der Waals surface area contributed by atoms with Crippen molar-refractivity contribution in [1.29, 1.82) is 0 Å². The van der Waals surface area contributed by atoms with E-state index < -0.39 is 5.97 Å². The Morgan fingerprint density at radius 2 is 1.79 bits per heavy atom. The number of carboxylic acid groups (broad SMARTS) is 1. The van der Waals surface area contributed by atoms with Crippen LogP contribution in [-0.4, -0.2) is 34.5 Å². The Kier molecular flexibility index (Phi) is 5.55. The minimum Gasteiger partial charge on any atom is -0.480 e. The summed E-state index contributed by atoms with van der Waals surface area (Å²) in [6.45, 7) is 5.44. The standard InChI is InChI=1S/C15H21NO3/c1-11(2)16(10-15(18)19)14(17)9-8-13-6-4-12(3)5-7-13/h4-7,11H,8-10H2,1-3H3,(H,18,19). The maximum Gasteiger partial charge on any atom is 0.323 e. The molecular weight excluding hydrogens is 242 g/mol. The molecule has 19 heavy (non-hydrogen) atoms. The molecule has 1 N–H and O–H groups in total. The fourth-order valence-corrected chi connectivity index (χ4v) is 1.85. The second kappa shape index (κ2) is 6.92. The number of benzene rings is 1. The number of rotatable bonds is 6. The number of hydrogen-bond donors (Lipinski definition) is 1. The largest absolute Gasteiger partial charge is 0.480 e. The molecule has 0 aliphatic carbocycles. The quantitative estimate of drug-likeness (QED) is 0.856. The van der Waals surface area contributed by atoms with E-state index in [1.54, 1.807) is 0 Å². The topological polar surface area (TPSA) is 57.6 Å². The molecule has 0 fully saturated rings. The van der Waals surface area contributed by atoms with E-state index in [0.717, 1.165) is 5.56 Å². The summed E-state index contributed by atoms with van der Waals surface area (Å²) in [5, 5.41) is 8.80. The van der Waals surface area contributed by atoms with E-state index in [9.17, 15) is 9.59 Å². The highest BCUT2D eigenvalue weighted by Crippen LogP contribution is 2.09. The van der Waals surface area contributed by atoms with Gasteiger partial charge in [0, 0.05) is 12.5 Å². The Hall–Kier alpha value is -1.84. The highest BCUT2D eigenvalue weighted by Gasteiger charge is 2.19. The van der Waals surface area contributed by atoms with E-state index in [-0.39, 0.29) is 18.5 Å². The van der Waals surface area contributed by atoms with Gasteiger partial charge >= 0.3 is 5.97 Å². The van der Waals surface area contributed by atoms with Crippen LogP contribution < -0.4 is 0 Å². The molecule has 0 heterocycles. The number of carbonyl (C=O) groups excluding carboxylic acids is 1. The van der Waals surface area contributed by atoms with E-state index in [0.29, 0.717) is 12.8 Å². The van der Waals surface area contributed by atoms with Gasteiger partial charge in [0.15, 0.2) is 0 Å². The Balaban J connectivity index is 2.57. The molecule has 0 atom stereocenters. The number of aliphatic carboxylic acids is 1. The van der Waals surface area contributed by atoms with Crippen LogP contribution in [0.25, 0.3) is 0 Å². The number of carboxylic acids is 1. The summed E-state index contributed by atoms with van der Waals surface area (Å²) in [5.74, 6) is -1.09. The summed E-state index contributed by atoms with van der Waals surface area (Å²) >= 11 is 0. The van der Waals surface area contributed by atoms with Crippen LogP contribution in [0.3, 0.4) is 0 Å². The van der Waals surface area contributed by atoms with Gasteiger partial charge in [0.1, 0.15) is 6.54 Å². The Bertz CT molecular complexity index is 437. The molecule has 1 aromatic rings. The van der Waals surface area contributed by atoms with Gasteiger partial charge in [-0.05, 0) is 32.8 Å². The summed E-state index contributed by atoms with van der Waals surface area (Å²) in [7, 11) is 0. The zero-order valence-electron chi connectivity index (χ0n) is 11.7. The second-order valence-corrected chi connectivity index (χ2v) is 4.99. The Morgan fingerprint density at radius 3 is 2.26 bits per heavy atom. The molecule has 0 unspecified atom stereocenters. The van der Waals surface area contributed by atoms with Crippen molar-refractivity contribution in [3.63, 3.8) is 0 Å². The number of nitrogens with zero attached hydrogens (tertiary/aromatic N) is 1. The lowest BCUT2D eigenvalue weighted by Crippen LogP contribution is -2.40. The van der Waals surface area contributed by atoms with Crippen LogP contribution in [-0.2, 0) is 16.0 Å². The molecule has 0 aliphatic rings. The van der Waals surface area contributed by atoms with Crippen molar-refractivity contribution in [3.8, 4) is 0 Å². The van der Waals surface area contributed by atoms with Crippen LogP contribution in [0.4, 0.5) is 0 Å². The molecule has 4 heteroatoms. The highest BCUT2D eigenvalue weighted by atomic mass is 16.4. The van der Waals surface area contributed by atoms with Crippen molar-refractivity contribution in [2.45, 2.75) is 39.7 Å². The fourth-order valence-electron chi connectivity index (χ4n) is 1.85. The van der Waals surface area contributed by atoms with Gasteiger partial charge in [0.05, 0.1) is 0 Å². The van der Waals surface area contributed by atoms with E-state index in [4.69, 9.17) is 5.11 Å². The lowest BCUT2D eigenvalue weighted by Gasteiger charge is -2.24. The van der Waals surface area contributed by atoms with Crippen molar-refractivity contribution in [3.05, 3.63) is 35.4 Å². The van der Waals surface area contributed by atoms with Gasteiger partial charge in [-0.3, -0.25) is 9.59 Å². The number of aryl methyl sites for hydroxylation is 2. The molecule has 0 aliphatic heterocycles. The monoisotopic (exact) mass is 263 g/mol. The zero-order chi connectivity index (χ0) is 14.4. The maximum atomic E-state index is 12.0. The van der Waals surface area contributed by atoms with Crippen molar-refractivity contribution in [2.24, 2.45) is 0 Å². The summed E-state index contributed by atoms with van der Waals surface area (Å²) in [5.41, 5.74) is 2.28. The van der Waals surface area contributed by atoms with Crippen molar-refractivity contribution in [2.75, 3.05) is 6.54 Å². The maximum absolute atomic E-state index is 12.0. The first-order chi connectivity index (χ1) is 8.90. The van der Waals surface area contributed by atoms with Crippen LogP contribution in [0.1, 0.15) is 31.4 Å². The fraction of sp³-hybridized carbons (Fsp3) is 0.467. The molecule has 1 amide bonds. The zero-order valence-corrected chi connectivity index (χ0v) is 11.7. The number of carbonyl (C=O) groups is 2. The molecule has 0 saturated carbocycles. The van der Waals surface area contributed by atoms with Crippen LogP contribution >= 0.6 is 0 Å². The predicted molar refractivity (Wildman–Crippen MR) is 74.0 cm³/mol. The third-order valence-corrected chi connectivity index (χ3v) is 3.00. The normalized spacial score (nSPS) is 10.5. The molecule has 0 aromatic heterocycles. The average molecular weight is 263 g/mol. The number of hydrogen-bond acceptors (Lipinski definition) is 2. The van der Waals surface area contributed by atoms with Crippen molar-refractivity contribution >= 4 is 11.9 Å². The minimum absolute atomic E-state index is 0.0957. The van der Waals surface area contributed by atoms with Crippen LogP contribution in [0.15, 0.2) is 24.3 Å². The van der Waals surface area contributed by atoms with Crippen LogP contribution in [0.2, 0.25) is 0 Å². The number of amides is 1. The second-order valence-electron chi connectivity index (χ2n) is 4.99. The van der Waals surface area contributed by atoms with Gasteiger partial charge in [0.2, 0.25) is 5.91 Å². The molecule has 0 bridgehead atoms. The van der Waals surface area contributed by atoms with E-state index >= 15 is 0 Å². The summed E-state index contributed by atoms with van der Waals surface area (Å²) < 4.78 is 0. The first kappa shape index (κ1) is 15.2. The van der Waals surface area contributed by atoms with Gasteiger partial charge in [-0.1, -0.05) is 29.8 Å². The molecule has 0 spiro atoms. The van der Waals surface area contributed by atoms with Gasteiger partial charge in [0.25, 0.3) is 0 Å². The third-order valence-electron chi connectivity index (χ3n) is 3.00. The highest BCUT2D eigenvalue weighted by molar-refractivity contribution is 5.81. The van der Waals surface area contributed by atoms with Crippen LogP contribution in [0.5, 0.6) is 0 Å². The smallest absolute Gasteiger partial charge is 0.323 e. The van der Waals surface area contributed by atoms with Gasteiger partial charge < -0.3 is 10.0 Å². The summed E-state index contributed by atoms with van der Waals surface area (Å²) in [4.78, 5) is 24.2. The molecule has 0 radical (unpaired) electrons. The molecular formula is C15H21NO3. The lowest BCUT2D eigenvalue weighted by molar-refractivity contribution is -0.145. The van der Waals surface area contributed by atoms with Crippen molar-refractivity contribution in [1.82, 2.24) is 4.90 Å². The minimum atomic E-state index is -0.975. The molecule has 1 aromatic carbocycles. The predicted octanol–water partition coefficient (Wildman–Crippen LogP) is 2.25. The van der Waals surface area contributed by atoms with Crippen molar-refractivity contribution < 1.29 is 14.7 Å². The van der Waals surface area contributed by atoms with Gasteiger partial charge in [-0.25, -0.2) is 0 Å². The summed E-state index contributed by atoms with van der Waals surface area (Å²) in [6, 6.07) is 7.93. The van der Waals surface area contributed by atoms with E-state index in [1.165, 1.54) is 10.5 Å². The molecule has 0 saturated heterocycles. The first-order valence-corrected chi connectivity index (χ1v) is 6.47. The molecule has 104 valence electrons.